The van der Waals surface area contributed by atoms with Gasteiger partial charge in [0.2, 0.25) is 8.32 Å². The summed E-state index contributed by atoms with van der Waals surface area (Å²) in [6, 6.07) is 6.07. The van der Waals surface area contributed by atoms with Gasteiger partial charge in [0.15, 0.2) is 0 Å². The normalized spacial score (nSPS) is 20.2. The molecule has 0 aromatic heterocycles. The molecule has 28 heavy (non-hydrogen) atoms. The summed E-state index contributed by atoms with van der Waals surface area (Å²) in [6.45, 7) is 23.7. The SMILES string of the molecule is CC[C@H](C)Oc1cc(O[Si](C)(C)C(C)(C)C)cc(B2OC(C)(C)C(C)(C)O2)c1. The summed E-state index contributed by atoms with van der Waals surface area (Å²) >= 11 is 0. The highest BCUT2D eigenvalue weighted by Gasteiger charge is 2.52. The molecule has 4 nitrogen and oxygen atoms in total. The van der Waals surface area contributed by atoms with Crippen molar-refractivity contribution >= 4 is 20.9 Å². The van der Waals surface area contributed by atoms with Gasteiger partial charge in [0, 0.05) is 6.07 Å². The van der Waals surface area contributed by atoms with Crippen molar-refractivity contribution in [1.82, 2.24) is 0 Å². The Morgan fingerprint density at radius 3 is 1.96 bits per heavy atom. The lowest BCUT2D eigenvalue weighted by atomic mass is 9.79. The van der Waals surface area contributed by atoms with Crippen LogP contribution in [0.2, 0.25) is 18.1 Å². The molecule has 0 N–H and O–H groups in total. The lowest BCUT2D eigenvalue weighted by Gasteiger charge is -2.36. The molecule has 0 saturated carbocycles. The maximum absolute atomic E-state index is 6.57. The molecule has 0 radical (unpaired) electrons. The van der Waals surface area contributed by atoms with Gasteiger partial charge in [-0.05, 0) is 76.8 Å². The zero-order valence-corrected chi connectivity index (χ0v) is 20.7. The van der Waals surface area contributed by atoms with Gasteiger partial charge >= 0.3 is 7.12 Å². The van der Waals surface area contributed by atoms with Gasteiger partial charge in [-0.1, -0.05) is 27.7 Å². The predicted octanol–water partition coefficient (Wildman–Crippen LogP) is 5.55. The predicted molar refractivity (Wildman–Crippen MR) is 120 cm³/mol. The van der Waals surface area contributed by atoms with E-state index in [1.54, 1.807) is 0 Å². The maximum Gasteiger partial charge on any atom is 0.495 e. The van der Waals surface area contributed by atoms with Gasteiger partial charge in [-0.2, -0.15) is 0 Å². The molecule has 0 spiro atoms. The van der Waals surface area contributed by atoms with Crippen LogP contribution in [0.25, 0.3) is 0 Å². The van der Waals surface area contributed by atoms with Crippen LogP contribution in [-0.2, 0) is 9.31 Å². The van der Waals surface area contributed by atoms with E-state index in [9.17, 15) is 0 Å². The van der Waals surface area contributed by atoms with E-state index in [4.69, 9.17) is 18.5 Å². The second-order valence-corrected chi connectivity index (χ2v) is 15.2. The zero-order chi connectivity index (χ0) is 21.5. The topological polar surface area (TPSA) is 36.9 Å². The number of benzene rings is 1. The molecule has 1 aromatic rings. The minimum Gasteiger partial charge on any atom is -0.543 e. The third-order valence-corrected chi connectivity index (χ3v) is 10.9. The van der Waals surface area contributed by atoms with E-state index in [-0.39, 0.29) is 22.3 Å². The molecule has 0 unspecified atom stereocenters. The van der Waals surface area contributed by atoms with E-state index < -0.39 is 15.4 Å². The van der Waals surface area contributed by atoms with Crippen LogP contribution in [0.15, 0.2) is 18.2 Å². The van der Waals surface area contributed by atoms with Crippen LogP contribution in [0.3, 0.4) is 0 Å². The third-order valence-electron chi connectivity index (χ3n) is 6.52. The molecule has 1 aliphatic heterocycles. The third kappa shape index (κ3) is 4.95. The number of hydrogen-bond donors (Lipinski definition) is 0. The molecule has 0 amide bonds. The van der Waals surface area contributed by atoms with E-state index in [0.717, 1.165) is 23.4 Å². The average Bonchev–Trinajstić information content (AvgIpc) is 2.73. The van der Waals surface area contributed by atoms with Gasteiger partial charge < -0.3 is 18.5 Å². The first-order valence-electron chi connectivity index (χ1n) is 10.4. The molecule has 1 atom stereocenters. The van der Waals surface area contributed by atoms with Crippen molar-refractivity contribution in [1.29, 1.82) is 0 Å². The molecular weight excluding hydrogens is 367 g/mol. The monoisotopic (exact) mass is 406 g/mol. The molecule has 2 rings (SSSR count). The molecule has 0 bridgehead atoms. The molecule has 1 saturated heterocycles. The molecule has 1 heterocycles. The van der Waals surface area contributed by atoms with E-state index in [1.165, 1.54) is 0 Å². The van der Waals surface area contributed by atoms with Gasteiger partial charge in [-0.3, -0.25) is 0 Å². The summed E-state index contributed by atoms with van der Waals surface area (Å²) in [5.74, 6) is 1.63. The lowest BCUT2D eigenvalue weighted by molar-refractivity contribution is 0.00578. The summed E-state index contributed by atoms with van der Waals surface area (Å²) in [5.41, 5.74) is 0.172. The fourth-order valence-electron chi connectivity index (χ4n) is 2.60. The Hall–Kier alpha value is -0.978. The van der Waals surface area contributed by atoms with E-state index in [2.05, 4.69) is 75.4 Å². The number of rotatable bonds is 6. The van der Waals surface area contributed by atoms with Crippen LogP contribution in [0.1, 0.15) is 68.7 Å². The average molecular weight is 406 g/mol. The second kappa shape index (κ2) is 7.69. The van der Waals surface area contributed by atoms with Crippen molar-refractivity contribution in [3.63, 3.8) is 0 Å². The summed E-state index contributed by atoms with van der Waals surface area (Å²) in [7, 11) is -2.41. The fraction of sp³-hybridized carbons (Fsp3) is 0.727. The largest absolute Gasteiger partial charge is 0.543 e. The molecule has 6 heteroatoms. The van der Waals surface area contributed by atoms with Crippen LogP contribution in [0, 0.1) is 0 Å². The highest BCUT2D eigenvalue weighted by molar-refractivity contribution is 6.74. The van der Waals surface area contributed by atoms with Gasteiger partial charge in [-0.15, -0.1) is 0 Å². The van der Waals surface area contributed by atoms with Crippen LogP contribution >= 0.6 is 0 Å². The molecule has 1 aromatic carbocycles. The van der Waals surface area contributed by atoms with Gasteiger partial charge in [0.1, 0.15) is 11.5 Å². The minimum absolute atomic E-state index is 0.116. The van der Waals surface area contributed by atoms with Crippen molar-refractivity contribution in [3.8, 4) is 11.5 Å². The molecule has 158 valence electrons. The maximum atomic E-state index is 6.57. The standard InChI is InChI=1S/C22H39BO4Si/c1-12-16(2)24-18-13-17(23-26-21(6,7)22(8,9)27-23)14-19(15-18)25-28(10,11)20(3,4)5/h13-16H,12H2,1-11H3/t16-/m0/s1. The summed E-state index contributed by atoms with van der Waals surface area (Å²) in [5, 5.41) is 0.116. The lowest BCUT2D eigenvalue weighted by Crippen LogP contribution is -2.44. The van der Waals surface area contributed by atoms with Crippen LogP contribution in [-0.4, -0.2) is 32.7 Å². The van der Waals surface area contributed by atoms with Crippen LogP contribution < -0.4 is 14.6 Å². The quantitative estimate of drug-likeness (QED) is 0.581. The summed E-state index contributed by atoms with van der Waals surface area (Å²) < 4.78 is 25.2. The van der Waals surface area contributed by atoms with Crippen LogP contribution in [0.5, 0.6) is 11.5 Å². The first-order chi connectivity index (χ1) is 12.6. The Morgan fingerprint density at radius 2 is 1.50 bits per heavy atom. The van der Waals surface area contributed by atoms with Crippen molar-refractivity contribution in [3.05, 3.63) is 18.2 Å². The first kappa shape index (κ1) is 23.3. The highest BCUT2D eigenvalue weighted by atomic mass is 28.4. The Morgan fingerprint density at radius 1 is 1.00 bits per heavy atom. The van der Waals surface area contributed by atoms with Gasteiger partial charge in [0.05, 0.1) is 17.3 Å². The zero-order valence-electron chi connectivity index (χ0n) is 19.7. The summed E-state index contributed by atoms with van der Waals surface area (Å²) in [6.07, 6.45) is 1.08. The minimum atomic E-state index is -1.97. The number of hydrogen-bond acceptors (Lipinski definition) is 4. The van der Waals surface area contributed by atoms with Crippen molar-refractivity contribution < 1.29 is 18.5 Å². The number of ether oxygens (including phenoxy) is 1. The highest BCUT2D eigenvalue weighted by Crippen LogP contribution is 2.39. The molecular formula is C22H39BO4Si. The van der Waals surface area contributed by atoms with Crippen molar-refractivity contribution in [2.75, 3.05) is 0 Å². The first-order valence-corrected chi connectivity index (χ1v) is 13.3. The second-order valence-electron chi connectivity index (χ2n) is 10.5. The van der Waals surface area contributed by atoms with Gasteiger partial charge in [0.25, 0.3) is 0 Å². The Bertz CT molecular complexity index is 678. The van der Waals surface area contributed by atoms with E-state index in [0.29, 0.717) is 0 Å². The Labute approximate surface area is 173 Å². The van der Waals surface area contributed by atoms with Gasteiger partial charge in [-0.25, -0.2) is 0 Å². The van der Waals surface area contributed by atoms with Crippen molar-refractivity contribution in [2.24, 2.45) is 0 Å². The Kier molecular flexibility index (Phi) is 6.40. The smallest absolute Gasteiger partial charge is 0.495 e. The molecule has 1 aliphatic rings. The van der Waals surface area contributed by atoms with E-state index in [1.807, 2.05) is 18.2 Å². The molecule has 1 fully saturated rings. The van der Waals surface area contributed by atoms with Crippen molar-refractivity contribution in [2.45, 2.75) is 104 Å². The van der Waals surface area contributed by atoms with Crippen LogP contribution in [0.4, 0.5) is 0 Å². The Balaban J connectivity index is 2.41. The van der Waals surface area contributed by atoms with E-state index >= 15 is 0 Å². The molecule has 0 aliphatic carbocycles. The summed E-state index contributed by atoms with van der Waals surface area (Å²) in [4.78, 5) is 0. The fourth-order valence-corrected chi connectivity index (χ4v) is 3.61.